The number of carbonyl (C=O) groups is 3. The minimum Gasteiger partial charge on any atom is -0.480 e. The first-order chi connectivity index (χ1) is 10.2. The summed E-state index contributed by atoms with van der Waals surface area (Å²) in [6, 6.07) is 5.34. The van der Waals surface area contributed by atoms with E-state index in [9.17, 15) is 22.8 Å². The van der Waals surface area contributed by atoms with Gasteiger partial charge in [0.2, 0.25) is 21.8 Å². The van der Waals surface area contributed by atoms with Crippen molar-refractivity contribution in [2.45, 2.75) is 11.8 Å². The lowest BCUT2D eigenvalue weighted by Gasteiger charge is -2.08. The zero-order valence-corrected chi connectivity index (χ0v) is 12.4. The number of nitrogens with one attached hydrogen (secondary N) is 3. The largest absolute Gasteiger partial charge is 0.480 e. The van der Waals surface area contributed by atoms with Gasteiger partial charge in [0, 0.05) is 12.6 Å². The molecule has 0 aromatic heterocycles. The highest BCUT2D eigenvalue weighted by atomic mass is 32.2. The van der Waals surface area contributed by atoms with Gasteiger partial charge in [-0.1, -0.05) is 0 Å². The summed E-state index contributed by atoms with van der Waals surface area (Å²) in [7, 11) is -3.91. The first kappa shape index (κ1) is 17.6. The van der Waals surface area contributed by atoms with E-state index in [1.807, 2.05) is 10.0 Å². The summed E-state index contributed by atoms with van der Waals surface area (Å²) in [4.78, 5) is 32.3. The topological polar surface area (TPSA) is 142 Å². The Bertz CT molecular complexity index is 669. The number of benzene rings is 1. The second-order valence-electron chi connectivity index (χ2n) is 4.20. The van der Waals surface area contributed by atoms with Crippen LogP contribution in [-0.4, -0.2) is 44.4 Å². The normalized spacial score (nSPS) is 10.8. The summed E-state index contributed by atoms with van der Waals surface area (Å²) < 4.78 is 25.9. The third kappa shape index (κ3) is 5.89. The third-order valence-corrected chi connectivity index (χ3v) is 3.76. The molecule has 0 saturated carbocycles. The molecular formula is C12H15N3O6S. The quantitative estimate of drug-likeness (QED) is 0.512. The van der Waals surface area contributed by atoms with Crippen LogP contribution >= 0.6 is 0 Å². The first-order valence-electron chi connectivity index (χ1n) is 6.06. The van der Waals surface area contributed by atoms with Crippen molar-refractivity contribution in [3.05, 3.63) is 24.3 Å². The average Bonchev–Trinajstić information content (AvgIpc) is 2.43. The molecule has 0 saturated heterocycles. The van der Waals surface area contributed by atoms with E-state index in [0.717, 1.165) is 0 Å². The summed E-state index contributed by atoms with van der Waals surface area (Å²) in [5.41, 5.74) is 0.436. The summed E-state index contributed by atoms with van der Waals surface area (Å²) in [6.07, 6.45) is 0. The van der Waals surface area contributed by atoms with E-state index in [-0.39, 0.29) is 10.8 Å². The fraction of sp³-hybridized carbons (Fsp3) is 0.250. The van der Waals surface area contributed by atoms with Gasteiger partial charge < -0.3 is 15.7 Å². The predicted octanol–water partition coefficient (Wildman–Crippen LogP) is -0.876. The molecule has 10 heteroatoms. The van der Waals surface area contributed by atoms with E-state index in [4.69, 9.17) is 5.11 Å². The van der Waals surface area contributed by atoms with E-state index in [0.29, 0.717) is 5.69 Å². The van der Waals surface area contributed by atoms with E-state index in [1.165, 1.54) is 31.2 Å². The van der Waals surface area contributed by atoms with Crippen LogP contribution in [0.1, 0.15) is 6.92 Å². The molecule has 0 spiro atoms. The minimum atomic E-state index is -3.91. The number of anilines is 1. The fourth-order valence-electron chi connectivity index (χ4n) is 1.40. The van der Waals surface area contributed by atoms with Gasteiger partial charge in [-0.2, -0.15) is 0 Å². The van der Waals surface area contributed by atoms with Gasteiger partial charge in [0.15, 0.2) is 0 Å². The lowest BCUT2D eigenvalue weighted by molar-refractivity contribution is -0.137. The highest BCUT2D eigenvalue weighted by Crippen LogP contribution is 2.13. The van der Waals surface area contributed by atoms with Gasteiger partial charge in [0.1, 0.15) is 6.54 Å². The van der Waals surface area contributed by atoms with Gasteiger partial charge >= 0.3 is 5.97 Å². The maximum Gasteiger partial charge on any atom is 0.322 e. The molecule has 1 aromatic carbocycles. The zero-order valence-electron chi connectivity index (χ0n) is 11.6. The maximum absolute atomic E-state index is 11.9. The fourth-order valence-corrected chi connectivity index (χ4v) is 2.38. The van der Waals surface area contributed by atoms with Crippen LogP contribution in [0.3, 0.4) is 0 Å². The van der Waals surface area contributed by atoms with Crippen LogP contribution in [-0.2, 0) is 24.4 Å². The number of hydrogen-bond donors (Lipinski definition) is 4. The van der Waals surface area contributed by atoms with Crippen LogP contribution in [0.25, 0.3) is 0 Å². The van der Waals surface area contributed by atoms with Crippen LogP contribution in [0.2, 0.25) is 0 Å². The Balaban J connectivity index is 2.64. The Morgan fingerprint density at radius 2 is 1.68 bits per heavy atom. The molecule has 2 amide bonds. The number of hydrogen-bond acceptors (Lipinski definition) is 5. The van der Waals surface area contributed by atoms with Crippen LogP contribution in [0.4, 0.5) is 5.69 Å². The molecule has 0 aliphatic carbocycles. The summed E-state index contributed by atoms with van der Waals surface area (Å²) in [5.74, 6) is -2.28. The van der Waals surface area contributed by atoms with Crippen molar-refractivity contribution in [2.24, 2.45) is 0 Å². The average molecular weight is 329 g/mol. The first-order valence-corrected chi connectivity index (χ1v) is 7.55. The van der Waals surface area contributed by atoms with Crippen LogP contribution in [0.5, 0.6) is 0 Å². The van der Waals surface area contributed by atoms with Crippen molar-refractivity contribution in [2.75, 3.05) is 18.4 Å². The maximum atomic E-state index is 11.9. The summed E-state index contributed by atoms with van der Waals surface area (Å²) in [6.45, 7) is 0.150. The van der Waals surface area contributed by atoms with Crippen molar-refractivity contribution in [3.8, 4) is 0 Å². The van der Waals surface area contributed by atoms with Crippen molar-refractivity contribution in [3.63, 3.8) is 0 Å². The Morgan fingerprint density at radius 1 is 1.09 bits per heavy atom. The van der Waals surface area contributed by atoms with Crippen molar-refractivity contribution in [1.29, 1.82) is 0 Å². The Kier molecular flexibility index (Phi) is 6.01. The standard InChI is InChI=1S/C12H15N3O6S/c1-8(16)15-9-2-4-10(5-3-9)22(20,21)14-6-11(17)13-7-12(18)19/h2-5,14H,6-7H2,1H3,(H,13,17)(H,15,16)(H,18,19). The van der Waals surface area contributed by atoms with E-state index in [1.54, 1.807) is 0 Å². The molecule has 0 aliphatic heterocycles. The molecule has 0 atom stereocenters. The molecule has 4 N–H and O–H groups in total. The molecule has 9 nitrogen and oxygen atoms in total. The molecule has 0 fully saturated rings. The van der Waals surface area contributed by atoms with Crippen LogP contribution < -0.4 is 15.4 Å². The molecule has 22 heavy (non-hydrogen) atoms. The van der Waals surface area contributed by atoms with Crippen molar-refractivity contribution in [1.82, 2.24) is 10.0 Å². The van der Waals surface area contributed by atoms with Crippen LogP contribution in [0, 0.1) is 0 Å². The molecule has 0 bridgehead atoms. The van der Waals surface area contributed by atoms with Gasteiger partial charge in [-0.15, -0.1) is 0 Å². The smallest absolute Gasteiger partial charge is 0.322 e. The van der Waals surface area contributed by atoms with Crippen LogP contribution in [0.15, 0.2) is 29.2 Å². The molecule has 120 valence electrons. The number of rotatable bonds is 7. The molecule has 0 unspecified atom stereocenters. The number of amides is 2. The second kappa shape index (κ2) is 7.52. The number of sulfonamides is 1. The van der Waals surface area contributed by atoms with E-state index >= 15 is 0 Å². The Hall–Kier alpha value is -2.46. The SMILES string of the molecule is CC(=O)Nc1ccc(S(=O)(=O)NCC(=O)NCC(=O)O)cc1. The summed E-state index contributed by atoms with van der Waals surface area (Å²) >= 11 is 0. The van der Waals surface area contributed by atoms with Crippen molar-refractivity contribution < 1.29 is 27.9 Å². The van der Waals surface area contributed by atoms with E-state index < -0.39 is 35.0 Å². The molecular weight excluding hydrogens is 314 g/mol. The molecule has 0 radical (unpaired) electrons. The Morgan fingerprint density at radius 3 is 2.18 bits per heavy atom. The van der Waals surface area contributed by atoms with Gasteiger partial charge in [0.25, 0.3) is 0 Å². The number of carboxylic acid groups (broad SMARTS) is 1. The zero-order chi connectivity index (χ0) is 16.8. The van der Waals surface area contributed by atoms with Gasteiger partial charge in [0.05, 0.1) is 11.4 Å². The number of carboxylic acids is 1. The van der Waals surface area contributed by atoms with Gasteiger partial charge in [-0.3, -0.25) is 14.4 Å². The van der Waals surface area contributed by atoms with E-state index in [2.05, 4.69) is 5.32 Å². The number of aliphatic carboxylic acids is 1. The van der Waals surface area contributed by atoms with Gasteiger partial charge in [-0.05, 0) is 24.3 Å². The Labute approximate surface area is 126 Å². The predicted molar refractivity (Wildman–Crippen MR) is 76.6 cm³/mol. The molecule has 0 heterocycles. The highest BCUT2D eigenvalue weighted by molar-refractivity contribution is 7.89. The monoisotopic (exact) mass is 329 g/mol. The molecule has 0 aliphatic rings. The summed E-state index contributed by atoms with van der Waals surface area (Å²) in [5, 5.41) is 12.9. The lowest BCUT2D eigenvalue weighted by Crippen LogP contribution is -2.38. The highest BCUT2D eigenvalue weighted by Gasteiger charge is 2.15. The van der Waals surface area contributed by atoms with Gasteiger partial charge in [-0.25, -0.2) is 13.1 Å². The number of carbonyl (C=O) groups excluding carboxylic acids is 2. The third-order valence-electron chi connectivity index (χ3n) is 2.34. The lowest BCUT2D eigenvalue weighted by atomic mass is 10.3. The second-order valence-corrected chi connectivity index (χ2v) is 5.97. The molecule has 1 rings (SSSR count). The molecule has 1 aromatic rings. The minimum absolute atomic E-state index is 0.0902. The van der Waals surface area contributed by atoms with Crippen molar-refractivity contribution >= 4 is 33.5 Å².